The zero-order chi connectivity index (χ0) is 28.9. The molecule has 0 radical (unpaired) electrons. The molecule has 1 saturated heterocycles. The number of aromatic hydroxyl groups is 1. The number of rotatable bonds is 8. The number of likely N-dealkylation sites (tertiary alicyclic amines) is 1. The summed E-state index contributed by atoms with van der Waals surface area (Å²) >= 11 is 3.45. The van der Waals surface area contributed by atoms with Crippen molar-refractivity contribution in [2.24, 2.45) is 17.8 Å². The van der Waals surface area contributed by atoms with Crippen LogP contribution in [-0.2, 0) is 24.0 Å². The average molecular weight is 612 g/mol. The molecule has 1 heterocycles. The Morgan fingerprint density at radius 1 is 1.10 bits per heavy atom. The fraction of sp³-hybridized carbons (Fsp3) is 0.433. The molecule has 10 heteroatoms. The van der Waals surface area contributed by atoms with Gasteiger partial charge in [0.25, 0.3) is 0 Å². The lowest BCUT2D eigenvalue weighted by molar-refractivity contribution is -0.141. The summed E-state index contributed by atoms with van der Waals surface area (Å²) in [5.74, 6) is -4.51. The van der Waals surface area contributed by atoms with Gasteiger partial charge in [-0.15, -0.1) is 0 Å². The van der Waals surface area contributed by atoms with Gasteiger partial charge >= 0.3 is 5.97 Å². The molecule has 2 amide bonds. The number of hydrogen-bond donors (Lipinski definition) is 2. The van der Waals surface area contributed by atoms with Crippen LogP contribution in [0.4, 0.5) is 0 Å². The number of benzene rings is 1. The maximum absolute atomic E-state index is 13.7. The van der Waals surface area contributed by atoms with E-state index >= 15 is 0 Å². The van der Waals surface area contributed by atoms with Crippen molar-refractivity contribution < 1.29 is 38.9 Å². The van der Waals surface area contributed by atoms with E-state index in [0.29, 0.717) is 52.4 Å². The van der Waals surface area contributed by atoms with E-state index in [1.807, 2.05) is 6.08 Å². The van der Waals surface area contributed by atoms with Crippen molar-refractivity contribution in [1.82, 2.24) is 4.90 Å². The lowest BCUT2D eigenvalue weighted by Gasteiger charge is -2.42. The number of Topliss-reactive ketones (excluding diaryl/α,β-unsaturated/α-hetero) is 1. The maximum Gasteiger partial charge on any atom is 0.303 e. The quantitative estimate of drug-likeness (QED) is 0.193. The number of hydrogen-bond acceptors (Lipinski definition) is 7. The minimum Gasteiger partial charge on any atom is -0.504 e. The number of methoxy groups -OCH3 is 1. The van der Waals surface area contributed by atoms with Gasteiger partial charge in [-0.3, -0.25) is 28.9 Å². The molecule has 4 aliphatic rings. The molecule has 4 atom stereocenters. The lowest BCUT2D eigenvalue weighted by atomic mass is 9.59. The molecule has 1 fully saturated rings. The Morgan fingerprint density at radius 2 is 1.85 bits per heavy atom. The topological polar surface area (TPSA) is 138 Å². The molecule has 0 spiro atoms. The number of aliphatic carboxylic acids is 1. The minimum absolute atomic E-state index is 0.0369. The van der Waals surface area contributed by atoms with Gasteiger partial charge in [0.2, 0.25) is 11.8 Å². The Morgan fingerprint density at radius 3 is 2.55 bits per heavy atom. The van der Waals surface area contributed by atoms with Crippen molar-refractivity contribution in [2.75, 3.05) is 13.7 Å². The Bertz CT molecular complexity index is 1440. The highest BCUT2D eigenvalue weighted by Crippen LogP contribution is 2.57. The first-order chi connectivity index (χ1) is 19.0. The first-order valence-corrected chi connectivity index (χ1v) is 14.2. The third-order valence-electron chi connectivity index (χ3n) is 8.53. The van der Waals surface area contributed by atoms with Crippen LogP contribution in [-0.4, -0.2) is 58.1 Å². The highest BCUT2D eigenvalue weighted by atomic mass is 79.9. The van der Waals surface area contributed by atoms with E-state index in [1.165, 1.54) is 18.1 Å². The van der Waals surface area contributed by atoms with Crippen LogP contribution in [0.3, 0.4) is 0 Å². The van der Waals surface area contributed by atoms with Gasteiger partial charge in [0, 0.05) is 45.6 Å². The second-order valence-electron chi connectivity index (χ2n) is 10.8. The number of carboxylic acid groups (broad SMARTS) is 1. The molecule has 1 aromatic rings. The van der Waals surface area contributed by atoms with Crippen LogP contribution in [0, 0.1) is 17.8 Å². The number of ketones is 2. The molecule has 40 heavy (non-hydrogen) atoms. The fourth-order valence-electron chi connectivity index (χ4n) is 6.70. The van der Waals surface area contributed by atoms with Crippen LogP contribution in [0.15, 0.2) is 51.0 Å². The van der Waals surface area contributed by atoms with Crippen molar-refractivity contribution in [3.05, 3.63) is 56.6 Å². The highest BCUT2D eigenvalue weighted by Gasteiger charge is 2.56. The number of imide groups is 1. The molecule has 210 valence electrons. The minimum atomic E-state index is -0.881. The van der Waals surface area contributed by atoms with E-state index in [2.05, 4.69) is 15.9 Å². The van der Waals surface area contributed by atoms with Gasteiger partial charge in [-0.05, 0) is 56.7 Å². The average Bonchev–Trinajstić information content (AvgIpc) is 3.16. The monoisotopic (exact) mass is 611 g/mol. The van der Waals surface area contributed by atoms with Gasteiger partial charge in [-0.2, -0.15) is 0 Å². The number of halogens is 1. The van der Waals surface area contributed by atoms with Crippen LogP contribution < -0.4 is 4.74 Å². The van der Waals surface area contributed by atoms with E-state index in [4.69, 9.17) is 9.84 Å². The molecule has 5 rings (SSSR count). The number of nitrogens with zero attached hydrogens (tertiary/aromatic N) is 1. The van der Waals surface area contributed by atoms with Crippen LogP contribution in [0.2, 0.25) is 0 Å². The number of amides is 2. The first-order valence-electron chi connectivity index (χ1n) is 13.4. The van der Waals surface area contributed by atoms with Crippen LogP contribution in [0.1, 0.15) is 56.9 Å². The molecule has 3 aliphatic carbocycles. The number of phenols is 1. The number of fused-ring (bicyclic) bond motifs is 3. The summed E-state index contributed by atoms with van der Waals surface area (Å²) in [5.41, 5.74) is 2.05. The summed E-state index contributed by atoms with van der Waals surface area (Å²) in [7, 11) is 1.42. The third-order valence-corrected chi connectivity index (χ3v) is 8.99. The zero-order valence-corrected chi connectivity index (χ0v) is 23.8. The van der Waals surface area contributed by atoms with Gasteiger partial charge in [-0.25, -0.2) is 0 Å². The van der Waals surface area contributed by atoms with E-state index in [9.17, 15) is 29.1 Å². The number of carboxylic acids is 1. The molecule has 9 nitrogen and oxygen atoms in total. The number of carbonyl (C=O) groups is 5. The molecule has 0 unspecified atom stereocenters. The van der Waals surface area contributed by atoms with E-state index in [1.54, 1.807) is 19.1 Å². The van der Waals surface area contributed by atoms with Crippen molar-refractivity contribution >= 4 is 45.3 Å². The van der Waals surface area contributed by atoms with Gasteiger partial charge in [0.1, 0.15) is 0 Å². The zero-order valence-electron chi connectivity index (χ0n) is 22.2. The summed E-state index contributed by atoms with van der Waals surface area (Å²) in [6.45, 7) is 1.81. The van der Waals surface area contributed by atoms with Crippen molar-refractivity contribution in [3.63, 3.8) is 0 Å². The fourth-order valence-corrected chi connectivity index (χ4v) is 7.15. The molecule has 0 saturated carbocycles. The number of ether oxygens (including phenoxy) is 1. The molecule has 0 bridgehead atoms. The van der Waals surface area contributed by atoms with Crippen LogP contribution in [0.25, 0.3) is 0 Å². The molecule has 1 aromatic carbocycles. The first kappa shape index (κ1) is 28.0. The van der Waals surface area contributed by atoms with Crippen LogP contribution in [0.5, 0.6) is 11.5 Å². The summed E-state index contributed by atoms with van der Waals surface area (Å²) in [6.07, 6.45) is 5.28. The predicted octanol–water partition coefficient (Wildman–Crippen LogP) is 4.24. The molecular weight excluding hydrogens is 582 g/mol. The third kappa shape index (κ3) is 4.62. The van der Waals surface area contributed by atoms with Gasteiger partial charge in [0.15, 0.2) is 23.1 Å². The Kier molecular flexibility index (Phi) is 7.56. The van der Waals surface area contributed by atoms with E-state index < -0.39 is 29.6 Å². The SMILES string of the molecule is COc1cc(Br)cc([C@H]2C3=CC[C@@H]4C(=O)N(CCCCCC(=O)O)C(=O)[C@@H]4[C@@H]3CC3=C2C(=O)C(C)=CC3=O)c1O. The number of phenolic OH excluding ortho intramolecular Hbond substituents is 1. The van der Waals surface area contributed by atoms with E-state index in [0.717, 1.165) is 5.57 Å². The number of allylic oxidation sites excluding steroid dienone is 6. The smallest absolute Gasteiger partial charge is 0.303 e. The maximum atomic E-state index is 13.7. The number of carbonyl (C=O) groups excluding carboxylic acids is 4. The predicted molar refractivity (Wildman–Crippen MR) is 147 cm³/mol. The summed E-state index contributed by atoms with van der Waals surface area (Å²) in [5, 5.41) is 20.0. The largest absolute Gasteiger partial charge is 0.504 e. The Labute approximate surface area is 239 Å². The van der Waals surface area contributed by atoms with Gasteiger partial charge in [-0.1, -0.05) is 34.0 Å². The highest BCUT2D eigenvalue weighted by molar-refractivity contribution is 9.10. The van der Waals surface area contributed by atoms with Crippen molar-refractivity contribution in [1.29, 1.82) is 0 Å². The second kappa shape index (κ2) is 10.8. The van der Waals surface area contributed by atoms with Gasteiger partial charge in [0.05, 0.1) is 18.9 Å². The Balaban J connectivity index is 1.54. The normalized spacial score (nSPS) is 25.8. The summed E-state index contributed by atoms with van der Waals surface area (Å²) in [4.78, 5) is 65.9. The Hall–Kier alpha value is -3.53. The molecule has 0 aromatic heterocycles. The second-order valence-corrected chi connectivity index (χ2v) is 11.7. The lowest BCUT2D eigenvalue weighted by Crippen LogP contribution is -2.40. The standard InChI is InChI=1S/C30H30BrNO8/c1-14-10-21(33)19-13-18-16(24(26(19)27(14)36)20-11-15(31)12-22(40-2)28(20)37)7-8-17-25(18)30(39)32(29(17)38)9-5-3-4-6-23(34)35/h7,10-12,17-18,24-25,37H,3-6,8-9,13H2,1-2H3,(H,34,35)/t17-,18+,24+,25-/m0/s1. The van der Waals surface area contributed by atoms with Crippen molar-refractivity contribution in [2.45, 2.75) is 51.4 Å². The van der Waals surface area contributed by atoms with E-state index in [-0.39, 0.29) is 54.3 Å². The molecular formula is C30H30BrNO8. The van der Waals surface area contributed by atoms with Crippen molar-refractivity contribution in [3.8, 4) is 11.5 Å². The summed E-state index contributed by atoms with van der Waals surface area (Å²) < 4.78 is 5.97. The number of unbranched alkanes of at least 4 members (excludes halogenated alkanes) is 2. The summed E-state index contributed by atoms with van der Waals surface area (Å²) in [6, 6.07) is 3.30. The molecule has 2 N–H and O–H groups in total. The van der Waals surface area contributed by atoms with Gasteiger partial charge < -0.3 is 14.9 Å². The molecule has 1 aliphatic heterocycles. The van der Waals surface area contributed by atoms with Crippen LogP contribution >= 0.6 is 15.9 Å².